The van der Waals surface area contributed by atoms with Crippen molar-refractivity contribution in [3.05, 3.63) is 60.0 Å². The first kappa shape index (κ1) is 20.2. The van der Waals surface area contributed by atoms with Crippen molar-refractivity contribution in [2.45, 2.75) is 17.1 Å². The summed E-state index contributed by atoms with van der Waals surface area (Å²) >= 11 is 1.27. The number of rotatable bonds is 5. The molecule has 0 spiro atoms. The molecule has 1 fully saturated rings. The monoisotopic (exact) mass is 421 g/mol. The summed E-state index contributed by atoms with van der Waals surface area (Å²) in [5.74, 6) is 1.10. The van der Waals surface area contributed by atoms with E-state index in [2.05, 4.69) is 42.1 Å². The lowest BCUT2D eigenvalue weighted by atomic mass is 10.2. The molecule has 1 N–H and O–H groups in total. The van der Waals surface area contributed by atoms with Crippen molar-refractivity contribution < 1.29 is 4.79 Å². The number of benzene rings is 1. The molecule has 154 valence electrons. The summed E-state index contributed by atoms with van der Waals surface area (Å²) in [4.78, 5) is 35.3. The molecule has 4 rings (SSSR count). The van der Waals surface area contributed by atoms with Gasteiger partial charge in [-0.05, 0) is 50.0 Å². The second kappa shape index (κ2) is 9.19. The average Bonchev–Trinajstić information content (AvgIpc) is 2.75. The van der Waals surface area contributed by atoms with Crippen LogP contribution in [-0.4, -0.2) is 64.0 Å². The number of amides is 1. The normalized spacial score (nSPS) is 14.5. The molecule has 30 heavy (non-hydrogen) atoms. The number of pyridine rings is 1. The molecular weight excluding hydrogens is 398 g/mol. The van der Waals surface area contributed by atoms with E-state index in [1.165, 1.54) is 11.8 Å². The van der Waals surface area contributed by atoms with Gasteiger partial charge in [-0.15, -0.1) is 0 Å². The lowest BCUT2D eigenvalue weighted by Crippen LogP contribution is -2.45. The number of nitrogens with one attached hydrogen (secondary N) is 1. The Labute approximate surface area is 179 Å². The van der Waals surface area contributed by atoms with Crippen molar-refractivity contribution in [1.82, 2.24) is 24.8 Å². The van der Waals surface area contributed by atoms with Gasteiger partial charge in [0.2, 0.25) is 5.95 Å². The summed E-state index contributed by atoms with van der Waals surface area (Å²) in [7, 11) is 2.11. The number of carbonyl (C=O) groups is 1. The van der Waals surface area contributed by atoms with Gasteiger partial charge < -0.3 is 15.1 Å². The smallest absolute Gasteiger partial charge is 0.258 e. The zero-order valence-corrected chi connectivity index (χ0v) is 17.8. The fourth-order valence-corrected chi connectivity index (χ4v) is 3.95. The standard InChI is InChI=1S/C21H23N7OS/c1-15-23-20(28-13-11-27(2)12-14-28)26-21(24-15)30-19-17(9-6-10-22-19)18(29)25-16-7-4-3-5-8-16/h3-10H,11-14H2,1-2H3,(H,25,29). The molecule has 0 aliphatic carbocycles. The van der Waals surface area contributed by atoms with E-state index < -0.39 is 0 Å². The number of aryl methyl sites for hydroxylation is 1. The molecule has 0 atom stereocenters. The van der Waals surface area contributed by atoms with Gasteiger partial charge in [-0.1, -0.05) is 18.2 Å². The Kier molecular flexibility index (Phi) is 6.20. The van der Waals surface area contributed by atoms with Crippen LogP contribution < -0.4 is 10.2 Å². The summed E-state index contributed by atoms with van der Waals surface area (Å²) in [6.45, 7) is 5.54. The Bertz CT molecular complexity index is 1020. The second-order valence-electron chi connectivity index (χ2n) is 7.03. The third-order valence-electron chi connectivity index (χ3n) is 4.74. The SMILES string of the molecule is Cc1nc(Sc2ncccc2C(=O)Nc2ccccc2)nc(N2CCN(C)CC2)n1. The number of anilines is 2. The van der Waals surface area contributed by atoms with Gasteiger partial charge in [0, 0.05) is 38.1 Å². The van der Waals surface area contributed by atoms with E-state index in [0.29, 0.717) is 27.5 Å². The number of nitrogens with zero attached hydrogens (tertiary/aromatic N) is 6. The van der Waals surface area contributed by atoms with Gasteiger partial charge in [0.25, 0.3) is 5.91 Å². The summed E-state index contributed by atoms with van der Waals surface area (Å²) < 4.78 is 0. The van der Waals surface area contributed by atoms with Crippen LogP contribution in [0.3, 0.4) is 0 Å². The minimum Gasteiger partial charge on any atom is -0.338 e. The fraction of sp³-hybridized carbons (Fsp3) is 0.286. The lowest BCUT2D eigenvalue weighted by Gasteiger charge is -2.32. The molecule has 1 aliphatic rings. The third kappa shape index (κ3) is 4.92. The molecule has 8 nitrogen and oxygen atoms in total. The van der Waals surface area contributed by atoms with Gasteiger partial charge >= 0.3 is 0 Å². The molecule has 0 radical (unpaired) electrons. The molecule has 0 saturated carbocycles. The summed E-state index contributed by atoms with van der Waals surface area (Å²) in [6.07, 6.45) is 1.66. The maximum Gasteiger partial charge on any atom is 0.258 e. The van der Waals surface area contributed by atoms with Crippen LogP contribution in [0.25, 0.3) is 0 Å². The van der Waals surface area contributed by atoms with E-state index in [1.807, 2.05) is 37.3 Å². The maximum atomic E-state index is 12.8. The Morgan fingerprint density at radius 3 is 2.53 bits per heavy atom. The molecular formula is C21H23N7OS. The highest BCUT2D eigenvalue weighted by Gasteiger charge is 2.20. The van der Waals surface area contributed by atoms with Gasteiger partial charge in [0.1, 0.15) is 10.9 Å². The number of piperazine rings is 1. The Morgan fingerprint density at radius 2 is 1.77 bits per heavy atom. The van der Waals surface area contributed by atoms with Crippen LogP contribution in [0.15, 0.2) is 58.8 Å². The molecule has 0 unspecified atom stereocenters. The maximum absolute atomic E-state index is 12.8. The third-order valence-corrected chi connectivity index (χ3v) is 5.62. The van der Waals surface area contributed by atoms with Crippen LogP contribution >= 0.6 is 11.8 Å². The molecule has 1 amide bonds. The van der Waals surface area contributed by atoms with E-state index in [0.717, 1.165) is 31.9 Å². The lowest BCUT2D eigenvalue weighted by molar-refractivity contribution is 0.102. The highest BCUT2D eigenvalue weighted by atomic mass is 32.2. The summed E-state index contributed by atoms with van der Waals surface area (Å²) in [5, 5.41) is 3.99. The van der Waals surface area contributed by atoms with E-state index in [4.69, 9.17) is 0 Å². The van der Waals surface area contributed by atoms with E-state index in [-0.39, 0.29) is 5.91 Å². The zero-order valence-electron chi connectivity index (χ0n) is 16.9. The Balaban J connectivity index is 1.55. The molecule has 1 aliphatic heterocycles. The molecule has 3 heterocycles. The zero-order chi connectivity index (χ0) is 20.9. The molecule has 1 aromatic carbocycles. The van der Waals surface area contributed by atoms with E-state index in [9.17, 15) is 4.79 Å². The minimum absolute atomic E-state index is 0.220. The fourth-order valence-electron chi connectivity index (χ4n) is 3.09. The van der Waals surface area contributed by atoms with Crippen molar-refractivity contribution in [1.29, 1.82) is 0 Å². The number of likely N-dealkylation sites (N-methyl/N-ethyl adjacent to an activating group) is 1. The molecule has 0 bridgehead atoms. The highest BCUT2D eigenvalue weighted by molar-refractivity contribution is 7.99. The Hall–Kier alpha value is -3.04. The van der Waals surface area contributed by atoms with Gasteiger partial charge in [-0.25, -0.2) is 9.97 Å². The molecule has 3 aromatic rings. The first-order valence-corrected chi connectivity index (χ1v) is 10.6. The van der Waals surface area contributed by atoms with Crippen molar-refractivity contribution in [2.24, 2.45) is 0 Å². The largest absolute Gasteiger partial charge is 0.338 e. The summed E-state index contributed by atoms with van der Waals surface area (Å²) in [6, 6.07) is 12.9. The van der Waals surface area contributed by atoms with Crippen LogP contribution in [0.5, 0.6) is 0 Å². The number of hydrogen-bond acceptors (Lipinski definition) is 8. The highest BCUT2D eigenvalue weighted by Crippen LogP contribution is 2.27. The van der Waals surface area contributed by atoms with Crippen LogP contribution in [0.2, 0.25) is 0 Å². The van der Waals surface area contributed by atoms with Gasteiger partial charge in [0.15, 0.2) is 5.16 Å². The van der Waals surface area contributed by atoms with Crippen molar-refractivity contribution in [2.75, 3.05) is 43.4 Å². The minimum atomic E-state index is -0.220. The quantitative estimate of drug-likeness (QED) is 0.673. The summed E-state index contributed by atoms with van der Waals surface area (Å²) in [5.41, 5.74) is 1.21. The topological polar surface area (TPSA) is 87.1 Å². The van der Waals surface area contributed by atoms with Crippen molar-refractivity contribution >= 4 is 29.3 Å². The molecule has 1 saturated heterocycles. The average molecular weight is 422 g/mol. The first-order valence-electron chi connectivity index (χ1n) is 9.74. The van der Waals surface area contributed by atoms with Crippen molar-refractivity contribution in [3.8, 4) is 0 Å². The number of carbonyl (C=O) groups excluding carboxylic acids is 1. The van der Waals surface area contributed by atoms with Crippen molar-refractivity contribution in [3.63, 3.8) is 0 Å². The van der Waals surface area contributed by atoms with Gasteiger partial charge in [0.05, 0.1) is 5.56 Å². The van der Waals surface area contributed by atoms with Crippen LogP contribution in [0.1, 0.15) is 16.2 Å². The second-order valence-corrected chi connectivity index (χ2v) is 7.99. The molecule has 9 heteroatoms. The Morgan fingerprint density at radius 1 is 1.00 bits per heavy atom. The van der Waals surface area contributed by atoms with Crippen LogP contribution in [0.4, 0.5) is 11.6 Å². The van der Waals surface area contributed by atoms with Crippen LogP contribution in [-0.2, 0) is 0 Å². The number of para-hydroxylation sites is 1. The predicted octanol–water partition coefficient (Wildman–Crippen LogP) is 2.73. The number of aromatic nitrogens is 4. The number of hydrogen-bond donors (Lipinski definition) is 1. The predicted molar refractivity (Wildman–Crippen MR) is 117 cm³/mol. The van der Waals surface area contributed by atoms with Crippen LogP contribution in [0, 0.1) is 6.92 Å². The van der Waals surface area contributed by atoms with E-state index >= 15 is 0 Å². The molecule has 2 aromatic heterocycles. The first-order chi connectivity index (χ1) is 14.6. The van der Waals surface area contributed by atoms with Gasteiger partial charge in [-0.3, -0.25) is 4.79 Å². The van der Waals surface area contributed by atoms with Gasteiger partial charge in [-0.2, -0.15) is 9.97 Å². The van der Waals surface area contributed by atoms with E-state index in [1.54, 1.807) is 18.3 Å².